The van der Waals surface area contributed by atoms with Crippen molar-refractivity contribution < 1.29 is 19.4 Å². The molecule has 1 atom stereocenters. The summed E-state index contributed by atoms with van der Waals surface area (Å²) in [6, 6.07) is 15.0. The van der Waals surface area contributed by atoms with Crippen LogP contribution in [0, 0.1) is 0 Å². The molecular formula is C20H16O4. The van der Waals surface area contributed by atoms with Gasteiger partial charge in [-0.05, 0) is 29.2 Å². The molecule has 2 aromatic rings. The van der Waals surface area contributed by atoms with E-state index in [1.165, 1.54) is 0 Å². The van der Waals surface area contributed by atoms with Crippen molar-refractivity contribution >= 4 is 17.3 Å². The van der Waals surface area contributed by atoms with E-state index in [-0.39, 0.29) is 24.4 Å². The Morgan fingerprint density at radius 3 is 2.42 bits per heavy atom. The van der Waals surface area contributed by atoms with Crippen LogP contribution in [0.1, 0.15) is 24.5 Å². The Labute approximate surface area is 139 Å². The number of carbonyl (C=O) groups excluding carboxylic acids is 2. The third-order valence-electron chi connectivity index (χ3n) is 4.70. The van der Waals surface area contributed by atoms with E-state index in [0.29, 0.717) is 16.7 Å². The number of hydrogen-bond donors (Lipinski definition) is 1. The Kier molecular flexibility index (Phi) is 3.18. The van der Waals surface area contributed by atoms with Gasteiger partial charge in [0.1, 0.15) is 11.2 Å². The fourth-order valence-electron chi connectivity index (χ4n) is 3.78. The van der Waals surface area contributed by atoms with E-state index in [1.807, 2.05) is 48.5 Å². The first kappa shape index (κ1) is 14.8. The summed E-state index contributed by atoms with van der Waals surface area (Å²) in [7, 11) is 0. The fraction of sp³-hybridized carbons (Fsp3) is 0.200. The average molecular weight is 320 g/mol. The lowest BCUT2D eigenvalue weighted by Gasteiger charge is -2.34. The highest BCUT2D eigenvalue weighted by Gasteiger charge is 2.52. The molecule has 2 aliphatic rings. The van der Waals surface area contributed by atoms with Gasteiger partial charge >= 0.3 is 5.97 Å². The molecule has 24 heavy (non-hydrogen) atoms. The van der Waals surface area contributed by atoms with Crippen molar-refractivity contribution in [3.63, 3.8) is 0 Å². The third kappa shape index (κ3) is 1.83. The Morgan fingerprint density at radius 1 is 1.08 bits per heavy atom. The lowest BCUT2D eigenvalue weighted by atomic mass is 9.73. The minimum Gasteiger partial charge on any atom is -0.462 e. The highest BCUT2D eigenvalue weighted by molar-refractivity contribution is 6.28. The third-order valence-corrected chi connectivity index (χ3v) is 4.70. The van der Waals surface area contributed by atoms with E-state index < -0.39 is 11.6 Å². The van der Waals surface area contributed by atoms with Crippen molar-refractivity contribution in [2.24, 2.45) is 0 Å². The molecule has 4 rings (SSSR count). The summed E-state index contributed by atoms with van der Waals surface area (Å²) in [5, 5.41) is 11.4. The molecule has 120 valence electrons. The highest BCUT2D eigenvalue weighted by Crippen LogP contribution is 2.55. The molecule has 2 aromatic carbocycles. The number of Topliss-reactive ketones (excluding diaryl/α,β-unsaturated/α-hetero) is 1. The molecule has 0 saturated heterocycles. The quantitative estimate of drug-likeness (QED) is 0.683. The largest absolute Gasteiger partial charge is 0.462 e. The Bertz CT molecular complexity index is 909. The molecule has 4 heteroatoms. The molecule has 0 fully saturated rings. The maximum absolute atomic E-state index is 12.6. The number of esters is 1. The van der Waals surface area contributed by atoms with E-state index in [2.05, 4.69) is 0 Å². The summed E-state index contributed by atoms with van der Waals surface area (Å²) in [6.07, 6.45) is -0.137. The lowest BCUT2D eigenvalue weighted by molar-refractivity contribution is -0.139. The number of rotatable bonds is 2. The number of ketones is 1. The van der Waals surface area contributed by atoms with Gasteiger partial charge < -0.3 is 9.84 Å². The first-order chi connectivity index (χ1) is 11.6. The maximum atomic E-state index is 12.6. The zero-order valence-electron chi connectivity index (χ0n) is 13.2. The molecule has 0 amide bonds. The van der Waals surface area contributed by atoms with Crippen LogP contribution in [0.2, 0.25) is 0 Å². The van der Waals surface area contributed by atoms with Crippen molar-refractivity contribution in [2.75, 3.05) is 6.61 Å². The maximum Gasteiger partial charge on any atom is 0.342 e. The molecule has 0 aliphatic heterocycles. The minimum atomic E-state index is -1.48. The summed E-state index contributed by atoms with van der Waals surface area (Å²) >= 11 is 0. The number of fused-ring (bicyclic) bond motifs is 6. The summed E-state index contributed by atoms with van der Waals surface area (Å²) in [5.41, 5.74) is 2.03. The van der Waals surface area contributed by atoms with Crippen LogP contribution in [0.15, 0.2) is 54.1 Å². The Hall–Kier alpha value is -2.72. The van der Waals surface area contributed by atoms with Gasteiger partial charge in [0.15, 0.2) is 5.78 Å². The van der Waals surface area contributed by atoms with Crippen molar-refractivity contribution in [3.05, 3.63) is 65.2 Å². The lowest BCUT2D eigenvalue weighted by Crippen LogP contribution is -2.29. The van der Waals surface area contributed by atoms with Crippen LogP contribution < -0.4 is 0 Å². The molecule has 0 heterocycles. The first-order valence-corrected chi connectivity index (χ1v) is 7.94. The van der Waals surface area contributed by atoms with E-state index in [0.717, 1.165) is 11.1 Å². The van der Waals surface area contributed by atoms with Crippen molar-refractivity contribution in [1.29, 1.82) is 0 Å². The molecule has 1 N–H and O–H groups in total. The Balaban J connectivity index is 2.09. The van der Waals surface area contributed by atoms with Crippen LogP contribution in [0.4, 0.5) is 0 Å². The van der Waals surface area contributed by atoms with Gasteiger partial charge in [0.2, 0.25) is 0 Å². The standard InChI is InChI=1S/C20H16O4/c1-2-24-19(22)17-16(21)11-20(23)15-10-6-5-8-13(15)12-7-3-4-9-14(12)18(17)20/h3-10,23H,2,11H2,1H3/t20-/m0/s1. The molecule has 0 bridgehead atoms. The van der Waals surface area contributed by atoms with Crippen LogP contribution in [0.25, 0.3) is 16.7 Å². The molecule has 0 aromatic heterocycles. The van der Waals surface area contributed by atoms with Gasteiger partial charge in [-0.15, -0.1) is 0 Å². The second-order valence-corrected chi connectivity index (χ2v) is 6.02. The summed E-state index contributed by atoms with van der Waals surface area (Å²) in [5.74, 6) is -1.04. The summed E-state index contributed by atoms with van der Waals surface area (Å²) in [6.45, 7) is 1.87. The summed E-state index contributed by atoms with van der Waals surface area (Å²) in [4.78, 5) is 24.9. The van der Waals surface area contributed by atoms with Gasteiger partial charge in [0, 0.05) is 12.0 Å². The monoisotopic (exact) mass is 320 g/mol. The average Bonchev–Trinajstić information content (AvgIpc) is 2.87. The van der Waals surface area contributed by atoms with Gasteiger partial charge in [0.25, 0.3) is 0 Å². The SMILES string of the molecule is CCOC(=O)C1=C2c3ccccc3-c3ccccc3[C@@]2(O)CC1=O. The van der Waals surface area contributed by atoms with Crippen LogP contribution in [-0.4, -0.2) is 23.5 Å². The molecule has 4 nitrogen and oxygen atoms in total. The predicted octanol–water partition coefficient (Wildman–Crippen LogP) is 2.84. The number of benzene rings is 2. The molecule has 0 spiro atoms. The van der Waals surface area contributed by atoms with Gasteiger partial charge in [-0.1, -0.05) is 48.5 Å². The van der Waals surface area contributed by atoms with Gasteiger partial charge in [-0.2, -0.15) is 0 Å². The van der Waals surface area contributed by atoms with Crippen LogP contribution in [-0.2, 0) is 19.9 Å². The molecular weight excluding hydrogens is 304 g/mol. The molecule has 0 unspecified atom stereocenters. The fourth-order valence-corrected chi connectivity index (χ4v) is 3.78. The number of hydrogen-bond acceptors (Lipinski definition) is 4. The minimum absolute atomic E-state index is 0.0266. The van der Waals surface area contributed by atoms with Crippen LogP contribution in [0.3, 0.4) is 0 Å². The van der Waals surface area contributed by atoms with E-state index >= 15 is 0 Å². The molecule has 0 radical (unpaired) electrons. The van der Waals surface area contributed by atoms with Gasteiger partial charge in [0.05, 0.1) is 6.61 Å². The van der Waals surface area contributed by atoms with Crippen molar-refractivity contribution in [1.82, 2.24) is 0 Å². The topological polar surface area (TPSA) is 63.6 Å². The van der Waals surface area contributed by atoms with Gasteiger partial charge in [-0.3, -0.25) is 4.79 Å². The van der Waals surface area contributed by atoms with Gasteiger partial charge in [-0.25, -0.2) is 4.79 Å². The van der Waals surface area contributed by atoms with E-state index in [1.54, 1.807) is 6.92 Å². The van der Waals surface area contributed by atoms with E-state index in [4.69, 9.17) is 4.74 Å². The van der Waals surface area contributed by atoms with Crippen molar-refractivity contribution in [2.45, 2.75) is 18.9 Å². The van der Waals surface area contributed by atoms with Crippen molar-refractivity contribution in [3.8, 4) is 11.1 Å². The predicted molar refractivity (Wildman–Crippen MR) is 89.0 cm³/mol. The smallest absolute Gasteiger partial charge is 0.342 e. The zero-order valence-corrected chi connectivity index (χ0v) is 13.2. The highest BCUT2D eigenvalue weighted by atomic mass is 16.5. The Morgan fingerprint density at radius 2 is 1.71 bits per heavy atom. The molecule has 0 saturated carbocycles. The zero-order chi connectivity index (χ0) is 16.9. The first-order valence-electron chi connectivity index (χ1n) is 7.94. The van der Waals surface area contributed by atoms with Crippen LogP contribution >= 0.6 is 0 Å². The summed E-state index contributed by atoms with van der Waals surface area (Å²) < 4.78 is 5.06. The normalized spacial score (nSPS) is 21.2. The van der Waals surface area contributed by atoms with Crippen LogP contribution in [0.5, 0.6) is 0 Å². The number of ether oxygens (including phenoxy) is 1. The molecule has 2 aliphatic carbocycles. The second-order valence-electron chi connectivity index (χ2n) is 6.02. The number of carbonyl (C=O) groups is 2. The van der Waals surface area contributed by atoms with E-state index in [9.17, 15) is 14.7 Å². The second kappa shape index (κ2) is 5.14. The number of aliphatic hydroxyl groups is 1.